The predicted molar refractivity (Wildman–Crippen MR) is 125 cm³/mol. The molecule has 1 fully saturated rings. The zero-order valence-corrected chi connectivity index (χ0v) is 18.8. The van der Waals surface area contributed by atoms with Gasteiger partial charge in [-0.1, -0.05) is 48.2 Å². The zero-order chi connectivity index (χ0) is 22.0. The van der Waals surface area contributed by atoms with Gasteiger partial charge in [0.05, 0.1) is 17.2 Å². The molecule has 2 aromatic heterocycles. The molecule has 1 unspecified atom stereocenters. The number of amides is 1. The van der Waals surface area contributed by atoms with E-state index in [9.17, 15) is 14.9 Å². The van der Waals surface area contributed by atoms with Crippen molar-refractivity contribution in [2.45, 2.75) is 37.0 Å². The number of aromatic nitrogens is 2. The highest BCUT2D eigenvalue weighted by molar-refractivity contribution is 7.99. The van der Waals surface area contributed by atoms with Gasteiger partial charge in [-0.3, -0.25) is 14.2 Å². The van der Waals surface area contributed by atoms with Gasteiger partial charge in [0.2, 0.25) is 5.91 Å². The molecule has 1 aliphatic rings. The summed E-state index contributed by atoms with van der Waals surface area (Å²) in [5, 5.41) is 13.3. The number of rotatable bonds is 8. The van der Waals surface area contributed by atoms with Gasteiger partial charge >= 0.3 is 0 Å². The Bertz CT molecular complexity index is 1240. The summed E-state index contributed by atoms with van der Waals surface area (Å²) in [6, 6.07) is 14.0. The first-order chi connectivity index (χ1) is 14.9. The Labute approximate surface area is 188 Å². The number of hydrogen-bond acceptors (Lipinski definition) is 6. The minimum atomic E-state index is -0.839. The van der Waals surface area contributed by atoms with Crippen LogP contribution in [-0.2, 0) is 11.3 Å². The van der Waals surface area contributed by atoms with Crippen molar-refractivity contribution in [3.8, 4) is 16.5 Å². The summed E-state index contributed by atoms with van der Waals surface area (Å²) in [5.41, 5.74) is 0.0458. The Kier molecular flexibility index (Phi) is 5.99. The predicted octanol–water partition coefficient (Wildman–Crippen LogP) is 4.21. The standard InChI is InChI=1S/C23H22N4O2S2/c1-3-11-27-21(29)17-12-18(15-7-5-4-6-8-15)31-20(17)25-22(27)30-13-19(28)26-23(2,14-24)16-9-10-16/h3-8,12,16H,1,9-11,13H2,2H3,(H,26,28). The number of benzene rings is 1. The third kappa shape index (κ3) is 4.43. The molecule has 31 heavy (non-hydrogen) atoms. The number of allylic oxidation sites excluding steroid dienone is 1. The van der Waals surface area contributed by atoms with E-state index in [4.69, 9.17) is 0 Å². The molecule has 1 atom stereocenters. The van der Waals surface area contributed by atoms with E-state index in [0.717, 1.165) is 23.3 Å². The first-order valence-electron chi connectivity index (χ1n) is 10.0. The third-order valence-electron chi connectivity index (χ3n) is 5.34. The molecule has 8 heteroatoms. The molecular formula is C23H22N4O2S2. The second-order valence-corrected chi connectivity index (χ2v) is 9.69. The van der Waals surface area contributed by atoms with E-state index in [0.29, 0.717) is 21.9 Å². The van der Waals surface area contributed by atoms with Gasteiger partial charge in [-0.05, 0) is 37.3 Å². The maximum Gasteiger partial charge on any atom is 0.263 e. The van der Waals surface area contributed by atoms with E-state index in [1.807, 2.05) is 36.4 Å². The molecule has 1 aromatic carbocycles. The van der Waals surface area contributed by atoms with Gasteiger partial charge < -0.3 is 5.32 Å². The van der Waals surface area contributed by atoms with Gasteiger partial charge in [0.25, 0.3) is 5.56 Å². The second kappa shape index (κ2) is 8.69. The molecule has 0 spiro atoms. The summed E-state index contributed by atoms with van der Waals surface area (Å²) in [4.78, 5) is 31.9. The SMILES string of the molecule is C=CCn1c(SCC(=O)NC(C)(C#N)C2CC2)nc2sc(-c3ccccc3)cc2c1=O. The van der Waals surface area contributed by atoms with Crippen molar-refractivity contribution in [2.75, 3.05) is 5.75 Å². The fraction of sp³-hybridized carbons (Fsp3) is 0.304. The molecule has 2 heterocycles. The molecule has 0 bridgehead atoms. The van der Waals surface area contributed by atoms with Gasteiger partial charge in [-0.2, -0.15) is 5.26 Å². The van der Waals surface area contributed by atoms with Gasteiger partial charge in [0.1, 0.15) is 10.4 Å². The fourth-order valence-electron chi connectivity index (χ4n) is 3.48. The Morgan fingerprint density at radius 1 is 1.45 bits per heavy atom. The number of fused-ring (bicyclic) bond motifs is 1. The number of carbonyl (C=O) groups excluding carboxylic acids is 1. The molecule has 158 valence electrons. The van der Waals surface area contributed by atoms with Crippen LogP contribution in [0.5, 0.6) is 0 Å². The highest BCUT2D eigenvalue weighted by Crippen LogP contribution is 2.39. The van der Waals surface area contributed by atoms with Crippen molar-refractivity contribution in [3.63, 3.8) is 0 Å². The summed E-state index contributed by atoms with van der Waals surface area (Å²) >= 11 is 2.66. The van der Waals surface area contributed by atoms with Crippen LogP contribution in [0.25, 0.3) is 20.7 Å². The van der Waals surface area contributed by atoms with Crippen LogP contribution in [0.4, 0.5) is 0 Å². The van der Waals surface area contributed by atoms with E-state index in [1.54, 1.807) is 17.6 Å². The molecule has 1 amide bonds. The highest BCUT2D eigenvalue weighted by Gasteiger charge is 2.42. The minimum absolute atomic E-state index is 0.0794. The maximum absolute atomic E-state index is 13.1. The molecule has 0 saturated heterocycles. The zero-order valence-electron chi connectivity index (χ0n) is 17.1. The summed E-state index contributed by atoms with van der Waals surface area (Å²) in [6.45, 7) is 5.81. The number of thioether (sulfide) groups is 1. The van der Waals surface area contributed by atoms with Gasteiger partial charge in [-0.25, -0.2) is 4.98 Å². The van der Waals surface area contributed by atoms with Crippen LogP contribution in [-0.4, -0.2) is 26.8 Å². The molecule has 6 nitrogen and oxygen atoms in total. The van der Waals surface area contributed by atoms with Crippen molar-refractivity contribution in [1.29, 1.82) is 5.26 Å². The van der Waals surface area contributed by atoms with E-state index in [2.05, 4.69) is 22.9 Å². The van der Waals surface area contributed by atoms with E-state index in [-0.39, 0.29) is 23.1 Å². The normalized spacial score (nSPS) is 15.2. The first-order valence-corrected chi connectivity index (χ1v) is 11.8. The van der Waals surface area contributed by atoms with Crippen LogP contribution in [0, 0.1) is 17.2 Å². The quantitative estimate of drug-likeness (QED) is 0.316. The number of thiophene rings is 1. The van der Waals surface area contributed by atoms with Crippen LogP contribution < -0.4 is 10.9 Å². The molecular weight excluding hydrogens is 428 g/mol. The number of hydrogen-bond donors (Lipinski definition) is 1. The molecule has 0 radical (unpaired) electrons. The number of nitriles is 1. The Morgan fingerprint density at radius 2 is 2.19 bits per heavy atom. The largest absolute Gasteiger partial charge is 0.337 e. The first kappa shape index (κ1) is 21.3. The van der Waals surface area contributed by atoms with Crippen molar-refractivity contribution < 1.29 is 4.79 Å². The monoisotopic (exact) mass is 450 g/mol. The Balaban J connectivity index is 1.61. The van der Waals surface area contributed by atoms with Gasteiger partial charge in [0, 0.05) is 11.4 Å². The molecule has 1 N–H and O–H groups in total. The number of carbonyl (C=O) groups is 1. The van der Waals surface area contributed by atoms with E-state index >= 15 is 0 Å². The number of nitrogens with zero attached hydrogens (tertiary/aromatic N) is 3. The lowest BCUT2D eigenvalue weighted by atomic mass is 9.98. The minimum Gasteiger partial charge on any atom is -0.337 e. The average Bonchev–Trinajstić information content (AvgIpc) is 3.55. The van der Waals surface area contributed by atoms with Crippen LogP contribution in [0.15, 0.2) is 59.0 Å². The van der Waals surface area contributed by atoms with Crippen LogP contribution >= 0.6 is 23.1 Å². The molecule has 4 rings (SSSR count). The summed E-state index contributed by atoms with van der Waals surface area (Å²) < 4.78 is 1.54. The lowest BCUT2D eigenvalue weighted by Gasteiger charge is -2.22. The van der Waals surface area contributed by atoms with Crippen LogP contribution in [0.1, 0.15) is 19.8 Å². The average molecular weight is 451 g/mol. The van der Waals surface area contributed by atoms with Gasteiger partial charge in [-0.15, -0.1) is 17.9 Å². The highest BCUT2D eigenvalue weighted by atomic mass is 32.2. The second-order valence-electron chi connectivity index (χ2n) is 7.72. The molecule has 1 aliphatic carbocycles. The smallest absolute Gasteiger partial charge is 0.263 e. The van der Waals surface area contributed by atoms with Crippen LogP contribution in [0.2, 0.25) is 0 Å². The topological polar surface area (TPSA) is 87.8 Å². The van der Waals surface area contributed by atoms with Crippen molar-refractivity contribution in [2.24, 2.45) is 5.92 Å². The molecule has 3 aromatic rings. The van der Waals surface area contributed by atoms with Crippen LogP contribution in [0.3, 0.4) is 0 Å². The summed E-state index contributed by atoms with van der Waals surface area (Å²) in [6.07, 6.45) is 3.55. The molecule has 0 aliphatic heterocycles. The lowest BCUT2D eigenvalue weighted by molar-refractivity contribution is -0.119. The Hall–Kier alpha value is -2.89. The van der Waals surface area contributed by atoms with Crippen molar-refractivity contribution in [1.82, 2.24) is 14.9 Å². The maximum atomic E-state index is 13.1. The lowest BCUT2D eigenvalue weighted by Crippen LogP contribution is -2.47. The number of nitrogens with one attached hydrogen (secondary N) is 1. The third-order valence-corrected chi connectivity index (χ3v) is 7.40. The Morgan fingerprint density at radius 3 is 2.84 bits per heavy atom. The van der Waals surface area contributed by atoms with Crippen molar-refractivity contribution in [3.05, 3.63) is 59.4 Å². The molecule has 1 saturated carbocycles. The fourth-order valence-corrected chi connectivity index (χ4v) is 5.37. The summed E-state index contributed by atoms with van der Waals surface area (Å²) in [5.74, 6) is 0.0507. The summed E-state index contributed by atoms with van der Waals surface area (Å²) in [7, 11) is 0. The van der Waals surface area contributed by atoms with Crippen molar-refractivity contribution >= 4 is 39.2 Å². The van der Waals surface area contributed by atoms with Gasteiger partial charge in [0.15, 0.2) is 5.16 Å². The van der Waals surface area contributed by atoms with E-state index < -0.39 is 5.54 Å². The van der Waals surface area contributed by atoms with E-state index in [1.165, 1.54) is 23.1 Å².